The van der Waals surface area contributed by atoms with Gasteiger partial charge in [0.25, 0.3) is 5.69 Å². The Bertz CT molecular complexity index is 1460. The van der Waals surface area contributed by atoms with Gasteiger partial charge >= 0.3 is 0 Å². The van der Waals surface area contributed by atoms with Crippen molar-refractivity contribution in [2.45, 2.75) is 32.5 Å². The number of pyridine rings is 2. The molecule has 0 unspecified atom stereocenters. The van der Waals surface area contributed by atoms with Crippen molar-refractivity contribution in [2.24, 2.45) is 0 Å². The molecule has 4 aromatic rings. The number of nitro benzene ring substituents is 1. The van der Waals surface area contributed by atoms with Crippen LogP contribution in [0.3, 0.4) is 0 Å². The fraction of sp³-hybridized carbons (Fsp3) is 0.222. The Labute approximate surface area is 219 Å². The molecule has 2 atom stereocenters. The van der Waals surface area contributed by atoms with E-state index in [1.54, 1.807) is 24.5 Å². The van der Waals surface area contributed by atoms with Crippen LogP contribution >= 0.6 is 12.2 Å². The van der Waals surface area contributed by atoms with Gasteiger partial charge in [-0.25, -0.2) is 0 Å². The van der Waals surface area contributed by atoms with Crippen LogP contribution in [0.2, 0.25) is 0 Å². The highest BCUT2D eigenvalue weighted by molar-refractivity contribution is 7.80. The molecule has 0 aliphatic carbocycles. The Hall–Kier alpha value is -4.31. The SMILES string of the molecule is COc1ccc(-n2c(C)cc([C@H]3[C@H](c4ccccn4)NC(=S)N3Cc3ccccn3)c2C)c([N+](=O)[O-])c1. The summed E-state index contributed by atoms with van der Waals surface area (Å²) in [6.45, 7) is 4.43. The van der Waals surface area contributed by atoms with Gasteiger partial charge in [-0.1, -0.05) is 12.1 Å². The molecule has 188 valence electrons. The van der Waals surface area contributed by atoms with Crippen LogP contribution in [-0.4, -0.2) is 36.6 Å². The Balaban J connectivity index is 1.65. The number of nitrogens with zero attached hydrogens (tertiary/aromatic N) is 5. The average Bonchev–Trinajstić information content (AvgIpc) is 3.39. The molecule has 5 rings (SSSR count). The van der Waals surface area contributed by atoms with Crippen molar-refractivity contribution in [3.8, 4) is 11.4 Å². The molecule has 1 aliphatic rings. The van der Waals surface area contributed by atoms with E-state index in [2.05, 4.69) is 26.3 Å². The molecule has 0 spiro atoms. The number of nitro groups is 1. The van der Waals surface area contributed by atoms with E-state index in [1.165, 1.54) is 13.2 Å². The lowest BCUT2D eigenvalue weighted by Crippen LogP contribution is -2.29. The number of hydrogen-bond donors (Lipinski definition) is 1. The number of benzene rings is 1. The highest BCUT2D eigenvalue weighted by Crippen LogP contribution is 2.42. The summed E-state index contributed by atoms with van der Waals surface area (Å²) in [6.07, 6.45) is 3.53. The molecular weight excluding hydrogens is 488 g/mol. The quantitative estimate of drug-likeness (QED) is 0.210. The van der Waals surface area contributed by atoms with Crippen LogP contribution in [0, 0.1) is 24.0 Å². The lowest BCUT2D eigenvalue weighted by Gasteiger charge is -2.28. The average molecular weight is 515 g/mol. The van der Waals surface area contributed by atoms with Crippen molar-refractivity contribution in [3.05, 3.63) is 112 Å². The van der Waals surface area contributed by atoms with Gasteiger partial charge in [0.05, 0.1) is 48.1 Å². The number of nitrogens with one attached hydrogen (secondary N) is 1. The van der Waals surface area contributed by atoms with E-state index in [-0.39, 0.29) is 22.7 Å². The second-order valence-electron chi connectivity index (χ2n) is 8.85. The summed E-state index contributed by atoms with van der Waals surface area (Å²) in [5.74, 6) is 0.431. The minimum absolute atomic E-state index is 0.0283. The van der Waals surface area contributed by atoms with Crippen molar-refractivity contribution in [1.82, 2.24) is 24.8 Å². The molecule has 1 aliphatic heterocycles. The predicted octanol–water partition coefficient (Wildman–Crippen LogP) is 4.97. The summed E-state index contributed by atoms with van der Waals surface area (Å²) in [5, 5.41) is 16.0. The van der Waals surface area contributed by atoms with Gasteiger partial charge in [0, 0.05) is 23.8 Å². The monoisotopic (exact) mass is 514 g/mol. The van der Waals surface area contributed by atoms with E-state index in [0.717, 1.165) is 28.3 Å². The smallest absolute Gasteiger partial charge is 0.296 e. The maximum absolute atomic E-state index is 12.0. The highest BCUT2D eigenvalue weighted by atomic mass is 32.1. The van der Waals surface area contributed by atoms with E-state index in [9.17, 15) is 10.1 Å². The summed E-state index contributed by atoms with van der Waals surface area (Å²) in [4.78, 5) is 22.8. The van der Waals surface area contributed by atoms with Crippen molar-refractivity contribution in [1.29, 1.82) is 0 Å². The second-order valence-corrected chi connectivity index (χ2v) is 9.24. The van der Waals surface area contributed by atoms with E-state index >= 15 is 0 Å². The summed E-state index contributed by atoms with van der Waals surface area (Å²) < 4.78 is 7.15. The third-order valence-corrected chi connectivity index (χ3v) is 7.02. The highest BCUT2D eigenvalue weighted by Gasteiger charge is 2.41. The Kier molecular flexibility index (Phi) is 6.58. The number of aromatic nitrogens is 3. The van der Waals surface area contributed by atoms with Gasteiger partial charge in [0.15, 0.2) is 5.11 Å². The zero-order valence-corrected chi connectivity index (χ0v) is 21.5. The van der Waals surface area contributed by atoms with Gasteiger partial charge in [-0.2, -0.15) is 0 Å². The molecule has 1 saturated heterocycles. The number of thiocarbonyl (C=S) groups is 1. The lowest BCUT2D eigenvalue weighted by atomic mass is 9.96. The van der Waals surface area contributed by atoms with Crippen LogP contribution in [0.15, 0.2) is 73.1 Å². The molecule has 1 fully saturated rings. The third-order valence-electron chi connectivity index (χ3n) is 6.67. The van der Waals surface area contributed by atoms with Crippen LogP contribution in [0.4, 0.5) is 5.69 Å². The van der Waals surface area contributed by atoms with Crippen LogP contribution < -0.4 is 10.1 Å². The summed E-state index contributed by atoms with van der Waals surface area (Å²) in [5.41, 5.74) is 4.95. The number of aryl methyl sites for hydroxylation is 1. The maximum Gasteiger partial charge on any atom is 0.296 e. The van der Waals surface area contributed by atoms with Gasteiger partial charge in [-0.05, 0) is 74.1 Å². The van der Waals surface area contributed by atoms with Gasteiger partial charge in [0.2, 0.25) is 0 Å². The second kappa shape index (κ2) is 9.98. The molecule has 10 heteroatoms. The van der Waals surface area contributed by atoms with Crippen molar-refractivity contribution < 1.29 is 9.66 Å². The molecule has 37 heavy (non-hydrogen) atoms. The van der Waals surface area contributed by atoms with Crippen molar-refractivity contribution in [2.75, 3.05) is 7.11 Å². The fourth-order valence-electron chi connectivity index (χ4n) is 5.00. The summed E-state index contributed by atoms with van der Waals surface area (Å²) >= 11 is 5.80. The molecule has 0 saturated carbocycles. The minimum Gasteiger partial charge on any atom is -0.496 e. The molecule has 4 heterocycles. The van der Waals surface area contributed by atoms with Crippen LogP contribution in [0.25, 0.3) is 5.69 Å². The lowest BCUT2D eigenvalue weighted by molar-refractivity contribution is -0.384. The third kappa shape index (κ3) is 4.51. The Morgan fingerprint density at radius 2 is 1.84 bits per heavy atom. The molecule has 3 aromatic heterocycles. The summed E-state index contributed by atoms with van der Waals surface area (Å²) in [7, 11) is 1.49. The van der Waals surface area contributed by atoms with Gasteiger partial charge in [-0.3, -0.25) is 20.1 Å². The van der Waals surface area contributed by atoms with Crippen LogP contribution in [-0.2, 0) is 6.54 Å². The van der Waals surface area contributed by atoms with Crippen molar-refractivity contribution >= 4 is 23.0 Å². The standard InChI is InChI=1S/C27H26N6O3S/c1-17-14-21(18(2)32(17)23-11-10-20(36-3)15-24(23)33(34)35)26-25(22-9-5-7-13-29-22)30-27(37)31(26)16-19-8-4-6-12-28-19/h4-15,25-26H,16H2,1-3H3,(H,30,37)/t25-,26-/m0/s1. The van der Waals surface area contributed by atoms with E-state index in [4.69, 9.17) is 17.0 Å². The molecule has 0 amide bonds. The topological polar surface area (TPSA) is 98.3 Å². The minimum atomic E-state index is -0.382. The van der Waals surface area contributed by atoms with Crippen LogP contribution in [0.5, 0.6) is 5.75 Å². The van der Waals surface area contributed by atoms with E-state index in [0.29, 0.717) is 23.1 Å². The fourth-order valence-corrected chi connectivity index (χ4v) is 5.31. The number of rotatable bonds is 7. The predicted molar refractivity (Wildman–Crippen MR) is 144 cm³/mol. The maximum atomic E-state index is 12.0. The first-order valence-electron chi connectivity index (χ1n) is 11.8. The van der Waals surface area contributed by atoms with Gasteiger partial charge in [-0.15, -0.1) is 0 Å². The molecule has 1 N–H and O–H groups in total. The number of ether oxygens (including phenoxy) is 1. The Morgan fingerprint density at radius 3 is 2.49 bits per heavy atom. The Morgan fingerprint density at radius 1 is 1.08 bits per heavy atom. The van der Waals surface area contributed by atoms with Gasteiger partial charge < -0.3 is 19.5 Å². The van der Waals surface area contributed by atoms with E-state index in [1.807, 2.05) is 54.8 Å². The number of hydrogen-bond acceptors (Lipinski definition) is 6. The molecule has 0 bridgehead atoms. The number of methoxy groups -OCH3 is 1. The van der Waals surface area contributed by atoms with Crippen molar-refractivity contribution in [3.63, 3.8) is 0 Å². The van der Waals surface area contributed by atoms with Crippen LogP contribution in [0.1, 0.15) is 40.4 Å². The zero-order chi connectivity index (χ0) is 26.1. The normalized spacial score (nSPS) is 17.1. The zero-order valence-electron chi connectivity index (χ0n) is 20.7. The largest absolute Gasteiger partial charge is 0.496 e. The molecule has 9 nitrogen and oxygen atoms in total. The van der Waals surface area contributed by atoms with Gasteiger partial charge in [0.1, 0.15) is 11.4 Å². The molecule has 0 radical (unpaired) electrons. The molecular formula is C27H26N6O3S. The first-order valence-corrected chi connectivity index (χ1v) is 12.2. The first kappa shape index (κ1) is 24.4. The first-order chi connectivity index (χ1) is 17.9. The summed E-state index contributed by atoms with van der Waals surface area (Å²) in [6, 6.07) is 18.2. The molecule has 1 aromatic carbocycles. The van der Waals surface area contributed by atoms with E-state index < -0.39 is 0 Å².